The van der Waals surface area contributed by atoms with Gasteiger partial charge in [-0.1, -0.05) is 36.9 Å². The molecule has 4 rings (SSSR count). The van der Waals surface area contributed by atoms with Crippen LogP contribution in [0.1, 0.15) is 25.3 Å². The van der Waals surface area contributed by atoms with Gasteiger partial charge >= 0.3 is 0 Å². The van der Waals surface area contributed by atoms with E-state index in [1.807, 2.05) is 36.4 Å². The van der Waals surface area contributed by atoms with Crippen LogP contribution in [0.2, 0.25) is 0 Å². The second kappa shape index (κ2) is 7.20. The highest BCUT2D eigenvalue weighted by Gasteiger charge is 2.27. The van der Waals surface area contributed by atoms with Gasteiger partial charge in [0.15, 0.2) is 15.2 Å². The number of nitrogens with zero attached hydrogens (tertiary/aromatic N) is 3. The van der Waals surface area contributed by atoms with E-state index in [2.05, 4.69) is 50.0 Å². The van der Waals surface area contributed by atoms with E-state index in [9.17, 15) is 0 Å². The number of aromatic nitrogens is 3. The minimum Gasteiger partial charge on any atom is -0.449 e. The molecule has 0 bridgehead atoms. The van der Waals surface area contributed by atoms with Crippen LogP contribution in [0.3, 0.4) is 0 Å². The summed E-state index contributed by atoms with van der Waals surface area (Å²) in [6, 6.07) is 11.7. The Morgan fingerprint density at radius 1 is 1.20 bits per heavy atom. The van der Waals surface area contributed by atoms with E-state index < -0.39 is 6.23 Å². The fourth-order valence-corrected chi connectivity index (χ4v) is 3.57. The van der Waals surface area contributed by atoms with Crippen molar-refractivity contribution in [2.24, 2.45) is 0 Å². The number of para-hydroxylation sites is 1. The summed E-state index contributed by atoms with van der Waals surface area (Å²) in [6.07, 6.45) is 0.565. The summed E-state index contributed by atoms with van der Waals surface area (Å²) in [7, 11) is 0. The monoisotopic (exact) mass is 466 g/mol. The molecule has 0 fully saturated rings. The third-order valence-corrected chi connectivity index (χ3v) is 5.24. The van der Waals surface area contributed by atoms with E-state index in [1.165, 1.54) is 0 Å². The first kappa shape index (κ1) is 16.6. The largest absolute Gasteiger partial charge is 0.449 e. The molecule has 1 aromatic carbocycles. The number of fused-ring (bicyclic) bond motifs is 3. The van der Waals surface area contributed by atoms with Crippen molar-refractivity contribution in [3.8, 4) is 17.1 Å². The first-order chi connectivity index (χ1) is 12.2. The predicted octanol–water partition coefficient (Wildman–Crippen LogP) is 4.74. The second-order valence-corrected chi connectivity index (χ2v) is 7.55. The summed E-state index contributed by atoms with van der Waals surface area (Å²) < 4.78 is 12.7. The Morgan fingerprint density at radius 2 is 2.08 bits per heavy atom. The molecule has 1 atom stereocenters. The molecule has 0 saturated heterocycles. The molecule has 0 aliphatic carbocycles. The van der Waals surface area contributed by atoms with Gasteiger partial charge in [-0.2, -0.15) is 4.98 Å². The summed E-state index contributed by atoms with van der Waals surface area (Å²) >= 11 is 3.71. The molecule has 3 heterocycles. The Balaban J connectivity index is 1.79. The lowest BCUT2D eigenvalue weighted by Gasteiger charge is -2.16. The average molecular weight is 466 g/mol. The van der Waals surface area contributed by atoms with Crippen LogP contribution in [0.5, 0.6) is 5.88 Å². The van der Waals surface area contributed by atoms with Crippen molar-refractivity contribution in [1.82, 2.24) is 15.2 Å². The van der Waals surface area contributed by atoms with Crippen molar-refractivity contribution in [3.63, 3.8) is 0 Å². The number of thioether (sulfide) groups is 1. The molecule has 6 nitrogen and oxygen atoms in total. The fourth-order valence-electron chi connectivity index (χ4n) is 2.50. The van der Waals surface area contributed by atoms with E-state index in [4.69, 9.17) is 9.15 Å². The summed E-state index contributed by atoms with van der Waals surface area (Å²) in [5, 5.41) is 12.6. The van der Waals surface area contributed by atoms with Crippen LogP contribution in [0, 0.1) is 3.77 Å². The molecule has 0 spiro atoms. The molecule has 0 amide bonds. The minimum absolute atomic E-state index is 0.461. The number of benzene rings is 1. The molecule has 8 heteroatoms. The third-order valence-electron chi connectivity index (χ3n) is 3.62. The van der Waals surface area contributed by atoms with Crippen LogP contribution in [0.25, 0.3) is 11.3 Å². The Morgan fingerprint density at radius 3 is 2.88 bits per heavy atom. The van der Waals surface area contributed by atoms with E-state index in [0.717, 1.165) is 27.2 Å². The lowest BCUT2D eigenvalue weighted by Crippen LogP contribution is -2.16. The molecule has 1 N–H and O–H groups in total. The Bertz CT molecular complexity index is 902. The minimum atomic E-state index is -0.480. The second-order valence-electron chi connectivity index (χ2n) is 5.43. The number of furan rings is 1. The van der Waals surface area contributed by atoms with Crippen LogP contribution in [-0.2, 0) is 0 Å². The topological polar surface area (TPSA) is 73.1 Å². The van der Waals surface area contributed by atoms with Gasteiger partial charge in [-0.3, -0.25) is 0 Å². The molecule has 0 radical (unpaired) electrons. The van der Waals surface area contributed by atoms with E-state index in [0.29, 0.717) is 22.5 Å². The van der Waals surface area contributed by atoms with Gasteiger partial charge in [0.1, 0.15) is 0 Å². The predicted molar refractivity (Wildman–Crippen MR) is 105 cm³/mol. The Kier molecular flexibility index (Phi) is 4.80. The van der Waals surface area contributed by atoms with Crippen LogP contribution < -0.4 is 10.1 Å². The van der Waals surface area contributed by atoms with Gasteiger partial charge < -0.3 is 14.5 Å². The average Bonchev–Trinajstić information content (AvgIpc) is 2.99. The molecule has 25 heavy (non-hydrogen) atoms. The summed E-state index contributed by atoms with van der Waals surface area (Å²) in [5.74, 6) is 2.09. The fraction of sp³-hybridized carbons (Fsp3) is 0.235. The zero-order valence-electron chi connectivity index (χ0n) is 13.4. The molecular weight excluding hydrogens is 451 g/mol. The van der Waals surface area contributed by atoms with Crippen molar-refractivity contribution in [2.45, 2.75) is 24.7 Å². The summed E-state index contributed by atoms with van der Waals surface area (Å²) in [5.41, 5.74) is 2.45. The smallest absolute Gasteiger partial charge is 0.247 e. The summed E-state index contributed by atoms with van der Waals surface area (Å²) in [6.45, 7) is 2.12. The van der Waals surface area contributed by atoms with Crippen LogP contribution >= 0.6 is 34.4 Å². The number of anilines is 1. The summed E-state index contributed by atoms with van der Waals surface area (Å²) in [4.78, 5) is 4.58. The first-order valence-corrected chi connectivity index (χ1v) is 9.96. The normalized spacial score (nSPS) is 15.5. The van der Waals surface area contributed by atoms with Crippen LogP contribution in [-0.4, -0.2) is 20.9 Å². The Labute approximate surface area is 162 Å². The molecule has 2 aromatic heterocycles. The quantitative estimate of drug-likeness (QED) is 0.440. The molecule has 1 aliphatic heterocycles. The van der Waals surface area contributed by atoms with Gasteiger partial charge in [-0.15, -0.1) is 10.2 Å². The van der Waals surface area contributed by atoms with E-state index in [1.54, 1.807) is 11.8 Å². The molecule has 0 unspecified atom stereocenters. The zero-order valence-corrected chi connectivity index (χ0v) is 16.4. The number of ether oxygens (including phenoxy) is 1. The van der Waals surface area contributed by atoms with E-state index >= 15 is 0 Å². The molecule has 0 saturated carbocycles. The standard InChI is InChI=1S/C17H15IN4O2S/c1-2-9-25-17-20-16-14(21-22-17)10-5-3-4-6-11(10)19-15(24-16)12-7-8-13(18)23-12/h3-8,15,19H,2,9H2,1H3/t15-/m1/s1. The Hall–Kier alpha value is -1.81. The number of hydrogen-bond acceptors (Lipinski definition) is 7. The van der Waals surface area contributed by atoms with Gasteiger partial charge in [-0.25, -0.2) is 0 Å². The maximum Gasteiger partial charge on any atom is 0.247 e. The van der Waals surface area contributed by atoms with Gasteiger partial charge in [0.25, 0.3) is 0 Å². The van der Waals surface area contributed by atoms with Gasteiger partial charge in [0.2, 0.25) is 17.3 Å². The SMILES string of the molecule is CCCSc1nnc2c(n1)O[C@H](c1ccc(I)o1)Nc1ccccc1-2. The molecule has 3 aromatic rings. The number of halogens is 1. The molecular formula is C17H15IN4O2S. The maximum atomic E-state index is 6.12. The van der Waals surface area contributed by atoms with Crippen LogP contribution in [0.4, 0.5) is 5.69 Å². The number of rotatable bonds is 4. The van der Waals surface area contributed by atoms with Crippen molar-refractivity contribution in [1.29, 1.82) is 0 Å². The lowest BCUT2D eigenvalue weighted by atomic mass is 10.1. The van der Waals surface area contributed by atoms with Gasteiger partial charge in [0.05, 0.1) is 0 Å². The highest BCUT2D eigenvalue weighted by molar-refractivity contribution is 14.1. The van der Waals surface area contributed by atoms with Crippen molar-refractivity contribution >= 4 is 40.0 Å². The van der Waals surface area contributed by atoms with E-state index in [-0.39, 0.29) is 0 Å². The van der Waals surface area contributed by atoms with Gasteiger partial charge in [-0.05, 0) is 47.2 Å². The van der Waals surface area contributed by atoms with Crippen molar-refractivity contribution in [2.75, 3.05) is 11.1 Å². The first-order valence-electron chi connectivity index (χ1n) is 7.90. The zero-order chi connectivity index (χ0) is 17.2. The number of nitrogens with one attached hydrogen (secondary N) is 1. The molecule has 1 aliphatic rings. The third kappa shape index (κ3) is 3.45. The van der Waals surface area contributed by atoms with Crippen LogP contribution in [0.15, 0.2) is 46.0 Å². The molecule has 128 valence electrons. The highest BCUT2D eigenvalue weighted by Crippen LogP contribution is 2.39. The highest BCUT2D eigenvalue weighted by atomic mass is 127. The van der Waals surface area contributed by atoms with Crippen molar-refractivity contribution in [3.05, 3.63) is 45.9 Å². The van der Waals surface area contributed by atoms with Gasteiger partial charge in [0, 0.05) is 17.0 Å². The van der Waals surface area contributed by atoms with Crippen molar-refractivity contribution < 1.29 is 9.15 Å². The maximum absolute atomic E-state index is 6.12. The lowest BCUT2D eigenvalue weighted by molar-refractivity contribution is 0.193. The number of hydrogen-bond donors (Lipinski definition) is 1.